The molecule has 1 atom stereocenters. The standard InChI is InChI=1S/C15H27NS/c1-10(2)14(16)9-17-15-6-11-3-12(7-15)5-13(4-11)8-15/h10-14H,3-9,16H2,1-2H3. The Kier molecular flexibility index (Phi) is 3.23. The minimum atomic E-state index is 0.396. The lowest BCUT2D eigenvalue weighted by molar-refractivity contribution is 0.0383. The highest BCUT2D eigenvalue weighted by Crippen LogP contribution is 2.60. The summed E-state index contributed by atoms with van der Waals surface area (Å²) in [5.41, 5.74) is 6.22. The topological polar surface area (TPSA) is 26.0 Å². The molecule has 98 valence electrons. The molecule has 0 aromatic heterocycles. The van der Waals surface area contributed by atoms with Crippen LogP contribution in [-0.2, 0) is 0 Å². The average molecular weight is 253 g/mol. The van der Waals surface area contributed by atoms with Crippen LogP contribution in [0.2, 0.25) is 0 Å². The summed E-state index contributed by atoms with van der Waals surface area (Å²) < 4.78 is 0.654. The van der Waals surface area contributed by atoms with E-state index in [9.17, 15) is 0 Å². The molecule has 4 fully saturated rings. The highest BCUT2D eigenvalue weighted by molar-refractivity contribution is 8.00. The predicted molar refractivity (Wildman–Crippen MR) is 76.2 cm³/mol. The molecule has 0 saturated heterocycles. The van der Waals surface area contributed by atoms with Gasteiger partial charge in [0.05, 0.1) is 0 Å². The second-order valence-electron chi connectivity index (χ2n) is 7.32. The van der Waals surface area contributed by atoms with Crippen LogP contribution in [0.1, 0.15) is 52.4 Å². The van der Waals surface area contributed by atoms with Gasteiger partial charge in [0, 0.05) is 16.5 Å². The third kappa shape index (κ3) is 2.40. The molecular weight excluding hydrogens is 226 g/mol. The van der Waals surface area contributed by atoms with Gasteiger partial charge >= 0.3 is 0 Å². The smallest absolute Gasteiger partial charge is 0.0168 e. The van der Waals surface area contributed by atoms with Crippen molar-refractivity contribution >= 4 is 11.8 Å². The maximum atomic E-state index is 6.22. The van der Waals surface area contributed by atoms with Gasteiger partial charge in [-0.25, -0.2) is 0 Å². The molecule has 0 aliphatic heterocycles. The molecule has 0 heterocycles. The first-order chi connectivity index (χ1) is 8.06. The number of hydrogen-bond acceptors (Lipinski definition) is 2. The molecule has 17 heavy (non-hydrogen) atoms. The molecule has 4 saturated carbocycles. The van der Waals surface area contributed by atoms with E-state index < -0.39 is 0 Å². The minimum absolute atomic E-state index is 0.396. The van der Waals surface area contributed by atoms with E-state index in [0.717, 1.165) is 17.8 Å². The second-order valence-corrected chi connectivity index (χ2v) is 8.81. The summed E-state index contributed by atoms with van der Waals surface area (Å²) in [4.78, 5) is 0. The lowest BCUT2D eigenvalue weighted by atomic mass is 9.56. The summed E-state index contributed by atoms with van der Waals surface area (Å²) in [6.45, 7) is 4.51. The summed E-state index contributed by atoms with van der Waals surface area (Å²) in [7, 11) is 0. The summed E-state index contributed by atoms with van der Waals surface area (Å²) >= 11 is 2.25. The summed E-state index contributed by atoms with van der Waals surface area (Å²) in [6.07, 6.45) is 9.18. The monoisotopic (exact) mass is 253 g/mol. The average Bonchev–Trinajstić information content (AvgIpc) is 2.24. The van der Waals surface area contributed by atoms with Crippen LogP contribution in [0, 0.1) is 23.7 Å². The Morgan fingerprint density at radius 1 is 1.06 bits per heavy atom. The van der Waals surface area contributed by atoms with Crippen LogP contribution in [0.5, 0.6) is 0 Å². The number of thioether (sulfide) groups is 1. The van der Waals surface area contributed by atoms with Crippen molar-refractivity contribution in [2.75, 3.05) is 5.75 Å². The zero-order valence-corrected chi connectivity index (χ0v) is 12.1. The molecule has 0 amide bonds. The van der Waals surface area contributed by atoms with Crippen molar-refractivity contribution in [3.05, 3.63) is 0 Å². The highest BCUT2D eigenvalue weighted by Gasteiger charge is 2.51. The van der Waals surface area contributed by atoms with Crippen molar-refractivity contribution in [1.82, 2.24) is 0 Å². The summed E-state index contributed by atoms with van der Waals surface area (Å²) in [5, 5.41) is 0. The van der Waals surface area contributed by atoms with Gasteiger partial charge < -0.3 is 5.73 Å². The highest BCUT2D eigenvalue weighted by atomic mass is 32.2. The maximum Gasteiger partial charge on any atom is 0.0168 e. The molecule has 1 nitrogen and oxygen atoms in total. The van der Waals surface area contributed by atoms with Gasteiger partial charge in [-0.1, -0.05) is 13.8 Å². The molecule has 2 heteroatoms. The quantitative estimate of drug-likeness (QED) is 0.827. The van der Waals surface area contributed by atoms with Crippen LogP contribution in [0.3, 0.4) is 0 Å². The Bertz CT molecular complexity index is 251. The van der Waals surface area contributed by atoms with E-state index >= 15 is 0 Å². The Morgan fingerprint density at radius 3 is 1.94 bits per heavy atom. The molecule has 4 rings (SSSR count). The molecule has 0 radical (unpaired) electrons. The number of nitrogens with two attached hydrogens (primary N) is 1. The van der Waals surface area contributed by atoms with Crippen molar-refractivity contribution < 1.29 is 0 Å². The van der Waals surface area contributed by atoms with Gasteiger partial charge in [-0.2, -0.15) is 11.8 Å². The Balaban J connectivity index is 1.62. The first kappa shape index (κ1) is 12.3. The van der Waals surface area contributed by atoms with E-state index in [1.54, 1.807) is 19.3 Å². The lowest BCUT2D eigenvalue weighted by Crippen LogP contribution is -2.49. The zero-order valence-electron chi connectivity index (χ0n) is 11.3. The predicted octanol–water partition coefficient (Wildman–Crippen LogP) is 3.67. The number of rotatable bonds is 4. The second kappa shape index (κ2) is 4.45. The van der Waals surface area contributed by atoms with Crippen LogP contribution < -0.4 is 5.73 Å². The normalized spacial score (nSPS) is 45.5. The molecule has 4 aliphatic rings. The van der Waals surface area contributed by atoms with Crippen LogP contribution in [-0.4, -0.2) is 16.5 Å². The largest absolute Gasteiger partial charge is 0.327 e. The van der Waals surface area contributed by atoms with E-state index in [-0.39, 0.29) is 0 Å². The fourth-order valence-corrected chi connectivity index (χ4v) is 6.66. The molecule has 1 unspecified atom stereocenters. The molecule has 4 aliphatic carbocycles. The van der Waals surface area contributed by atoms with E-state index in [1.807, 2.05) is 0 Å². The molecule has 0 aromatic rings. The fraction of sp³-hybridized carbons (Fsp3) is 1.00. The van der Waals surface area contributed by atoms with E-state index in [2.05, 4.69) is 25.6 Å². The van der Waals surface area contributed by atoms with Crippen molar-refractivity contribution in [3.63, 3.8) is 0 Å². The fourth-order valence-electron chi connectivity index (χ4n) is 4.67. The van der Waals surface area contributed by atoms with Crippen LogP contribution in [0.25, 0.3) is 0 Å². The summed E-state index contributed by atoms with van der Waals surface area (Å²) in [5.74, 6) is 5.04. The molecule has 2 N–H and O–H groups in total. The molecule has 0 aromatic carbocycles. The van der Waals surface area contributed by atoms with Crippen LogP contribution in [0.15, 0.2) is 0 Å². The van der Waals surface area contributed by atoms with E-state index in [0.29, 0.717) is 16.7 Å². The Hall–Kier alpha value is 0.310. The van der Waals surface area contributed by atoms with E-state index in [4.69, 9.17) is 5.73 Å². The van der Waals surface area contributed by atoms with Gasteiger partial charge in [0.15, 0.2) is 0 Å². The van der Waals surface area contributed by atoms with Gasteiger partial charge in [0.1, 0.15) is 0 Å². The first-order valence-corrected chi connectivity index (χ1v) is 8.44. The SMILES string of the molecule is CC(C)C(N)CSC12CC3CC(CC(C3)C1)C2. The van der Waals surface area contributed by atoms with Crippen molar-refractivity contribution in [3.8, 4) is 0 Å². The molecule has 0 spiro atoms. The lowest BCUT2D eigenvalue weighted by Gasteiger charge is -2.56. The molecule has 4 bridgehead atoms. The van der Waals surface area contributed by atoms with Gasteiger partial charge in [-0.15, -0.1) is 0 Å². The Labute approximate surface area is 110 Å². The van der Waals surface area contributed by atoms with Gasteiger partial charge in [-0.05, 0) is 62.2 Å². The third-order valence-corrected chi connectivity index (χ3v) is 7.08. The first-order valence-electron chi connectivity index (χ1n) is 7.46. The van der Waals surface area contributed by atoms with Gasteiger partial charge in [-0.3, -0.25) is 0 Å². The van der Waals surface area contributed by atoms with Gasteiger partial charge in [0.2, 0.25) is 0 Å². The minimum Gasteiger partial charge on any atom is -0.327 e. The van der Waals surface area contributed by atoms with Crippen molar-refractivity contribution in [2.24, 2.45) is 29.4 Å². The number of hydrogen-bond donors (Lipinski definition) is 1. The molecular formula is C15H27NS. The Morgan fingerprint density at radius 2 is 1.53 bits per heavy atom. The van der Waals surface area contributed by atoms with Crippen molar-refractivity contribution in [2.45, 2.75) is 63.2 Å². The maximum absolute atomic E-state index is 6.22. The van der Waals surface area contributed by atoms with E-state index in [1.165, 1.54) is 25.0 Å². The van der Waals surface area contributed by atoms with Crippen LogP contribution >= 0.6 is 11.8 Å². The third-order valence-electron chi connectivity index (χ3n) is 5.42. The zero-order chi connectivity index (χ0) is 12.0. The van der Waals surface area contributed by atoms with Crippen molar-refractivity contribution in [1.29, 1.82) is 0 Å². The van der Waals surface area contributed by atoms with Crippen LogP contribution in [0.4, 0.5) is 0 Å². The van der Waals surface area contributed by atoms with Gasteiger partial charge in [0.25, 0.3) is 0 Å². The summed E-state index contributed by atoms with van der Waals surface area (Å²) in [6, 6.07) is 0.396.